The minimum absolute atomic E-state index is 0.00126. The molecule has 136 valence electrons. The summed E-state index contributed by atoms with van der Waals surface area (Å²) in [6.07, 6.45) is 0.00126. The summed E-state index contributed by atoms with van der Waals surface area (Å²) in [6, 6.07) is 10.7. The fourth-order valence-corrected chi connectivity index (χ4v) is 2.19. The molecule has 6 nitrogen and oxygen atoms in total. The lowest BCUT2D eigenvalue weighted by Crippen LogP contribution is -2.26. The lowest BCUT2D eigenvalue weighted by Gasteiger charge is -2.07. The van der Waals surface area contributed by atoms with Crippen molar-refractivity contribution in [1.82, 2.24) is 10.7 Å². The molecule has 2 rings (SSSR count). The third-order valence-corrected chi connectivity index (χ3v) is 3.65. The number of nitrogens with zero attached hydrogens (tertiary/aromatic N) is 1. The van der Waals surface area contributed by atoms with Crippen LogP contribution < -0.4 is 10.7 Å². The second kappa shape index (κ2) is 8.75. The van der Waals surface area contributed by atoms with Crippen molar-refractivity contribution in [2.45, 2.75) is 26.8 Å². The first-order valence-corrected chi connectivity index (χ1v) is 8.00. The number of phenols is 1. The molecule has 2 amide bonds. The van der Waals surface area contributed by atoms with Crippen molar-refractivity contribution in [1.29, 1.82) is 0 Å². The number of halogens is 1. The highest BCUT2D eigenvalue weighted by Crippen LogP contribution is 2.20. The van der Waals surface area contributed by atoms with E-state index in [0.29, 0.717) is 11.3 Å². The molecule has 2 aromatic rings. The smallest absolute Gasteiger partial charge is 0.275 e. The number of hydrogen-bond donors (Lipinski definition) is 3. The zero-order valence-corrected chi connectivity index (χ0v) is 14.5. The molecule has 0 spiro atoms. The summed E-state index contributed by atoms with van der Waals surface area (Å²) in [6.45, 7) is 3.57. The quantitative estimate of drug-likeness (QED) is 0.548. The van der Waals surface area contributed by atoms with Gasteiger partial charge in [-0.3, -0.25) is 9.59 Å². The number of rotatable bonds is 6. The van der Waals surface area contributed by atoms with Crippen LogP contribution in [0.3, 0.4) is 0 Å². The monoisotopic (exact) mass is 357 g/mol. The van der Waals surface area contributed by atoms with Gasteiger partial charge in [-0.15, -0.1) is 0 Å². The number of carbonyl (C=O) groups excluding carboxylic acids is 2. The number of hydrogen-bond acceptors (Lipinski definition) is 4. The van der Waals surface area contributed by atoms with Gasteiger partial charge < -0.3 is 10.4 Å². The van der Waals surface area contributed by atoms with Crippen LogP contribution in [-0.2, 0) is 11.3 Å². The van der Waals surface area contributed by atoms with Crippen LogP contribution in [0.4, 0.5) is 4.39 Å². The maximum atomic E-state index is 12.8. The van der Waals surface area contributed by atoms with Crippen LogP contribution in [0.5, 0.6) is 5.75 Å². The maximum Gasteiger partial charge on any atom is 0.275 e. The van der Waals surface area contributed by atoms with Crippen LogP contribution in [0, 0.1) is 12.7 Å². The molecule has 0 saturated heterocycles. The van der Waals surface area contributed by atoms with Crippen molar-refractivity contribution in [2.75, 3.05) is 0 Å². The van der Waals surface area contributed by atoms with Crippen molar-refractivity contribution in [3.8, 4) is 5.75 Å². The van der Waals surface area contributed by atoms with E-state index in [2.05, 4.69) is 15.8 Å². The number of benzene rings is 2. The van der Waals surface area contributed by atoms with Gasteiger partial charge >= 0.3 is 0 Å². The predicted molar refractivity (Wildman–Crippen MR) is 96.3 cm³/mol. The second-order valence-corrected chi connectivity index (χ2v) is 5.84. The van der Waals surface area contributed by atoms with Crippen LogP contribution in [-0.4, -0.2) is 22.6 Å². The fraction of sp³-hybridized carbons (Fsp3) is 0.211. The van der Waals surface area contributed by atoms with Gasteiger partial charge in [0.05, 0.1) is 12.0 Å². The molecule has 7 heteroatoms. The molecule has 0 radical (unpaired) electrons. The maximum absolute atomic E-state index is 12.8. The normalized spacial score (nSPS) is 11.1. The summed E-state index contributed by atoms with van der Waals surface area (Å²) < 4.78 is 12.8. The molecule has 0 aliphatic heterocycles. The van der Waals surface area contributed by atoms with Gasteiger partial charge in [-0.05, 0) is 43.2 Å². The Hall–Kier alpha value is -3.22. The number of aromatic hydroxyl groups is 1. The van der Waals surface area contributed by atoms with E-state index < -0.39 is 5.91 Å². The third-order valence-electron chi connectivity index (χ3n) is 3.65. The Labute approximate surface area is 150 Å². The van der Waals surface area contributed by atoms with Crippen molar-refractivity contribution in [3.05, 3.63) is 65.0 Å². The predicted octanol–water partition coefficient (Wildman–Crippen LogP) is 2.65. The van der Waals surface area contributed by atoms with Gasteiger partial charge in [0, 0.05) is 12.3 Å². The largest absolute Gasteiger partial charge is 0.507 e. The molecule has 26 heavy (non-hydrogen) atoms. The van der Waals surface area contributed by atoms with E-state index in [-0.39, 0.29) is 36.0 Å². The lowest BCUT2D eigenvalue weighted by molar-refractivity contribution is -0.120. The minimum atomic E-state index is -0.558. The highest BCUT2D eigenvalue weighted by molar-refractivity contribution is 6.01. The number of para-hydroxylation sites is 1. The molecule has 0 saturated carbocycles. The number of aryl methyl sites for hydroxylation is 1. The van der Waals surface area contributed by atoms with Gasteiger partial charge in [-0.1, -0.05) is 24.3 Å². The Bertz CT molecular complexity index is 832. The Morgan fingerprint density at radius 2 is 1.85 bits per heavy atom. The lowest BCUT2D eigenvalue weighted by atomic mass is 10.1. The van der Waals surface area contributed by atoms with E-state index in [9.17, 15) is 19.1 Å². The summed E-state index contributed by atoms with van der Waals surface area (Å²) in [7, 11) is 0. The van der Waals surface area contributed by atoms with E-state index in [1.165, 1.54) is 18.2 Å². The molecule has 3 N–H and O–H groups in total. The minimum Gasteiger partial charge on any atom is -0.507 e. The Morgan fingerprint density at radius 1 is 1.15 bits per heavy atom. The molecule has 0 heterocycles. The van der Waals surface area contributed by atoms with Crippen molar-refractivity contribution < 1.29 is 19.1 Å². The molecule has 0 atom stereocenters. The van der Waals surface area contributed by atoms with Gasteiger partial charge in [0.15, 0.2) is 0 Å². The van der Waals surface area contributed by atoms with Crippen LogP contribution in [0.25, 0.3) is 0 Å². The fourth-order valence-electron chi connectivity index (χ4n) is 2.19. The second-order valence-electron chi connectivity index (χ2n) is 5.84. The standard InChI is InChI=1S/C19H20FN3O3/c1-12-4-3-5-16(18(12)25)19(26)23-22-13(2)10-17(24)21-11-14-6-8-15(20)9-7-14/h3-9,25H,10-11H2,1-2H3,(H,21,24)(H,23,26)/b22-13-. The van der Waals surface area contributed by atoms with E-state index >= 15 is 0 Å². The summed E-state index contributed by atoms with van der Waals surface area (Å²) >= 11 is 0. The highest BCUT2D eigenvalue weighted by atomic mass is 19.1. The van der Waals surface area contributed by atoms with Crippen molar-refractivity contribution in [2.24, 2.45) is 5.10 Å². The van der Waals surface area contributed by atoms with Crippen molar-refractivity contribution >= 4 is 17.5 Å². The highest BCUT2D eigenvalue weighted by Gasteiger charge is 2.12. The summed E-state index contributed by atoms with van der Waals surface area (Å²) in [5, 5.41) is 16.4. The molecule has 0 fully saturated rings. The summed E-state index contributed by atoms with van der Waals surface area (Å²) in [5.74, 6) is -1.27. The van der Waals surface area contributed by atoms with E-state index in [1.807, 2.05) is 0 Å². The van der Waals surface area contributed by atoms with Crippen LogP contribution in [0.15, 0.2) is 47.6 Å². The third kappa shape index (κ3) is 5.41. The number of nitrogens with one attached hydrogen (secondary N) is 2. The number of hydrazone groups is 1. The molecule has 0 bridgehead atoms. The first kappa shape index (κ1) is 19.1. The first-order chi connectivity index (χ1) is 12.4. The Balaban J connectivity index is 1.85. The van der Waals surface area contributed by atoms with Gasteiger partial charge in [-0.25, -0.2) is 9.82 Å². The molecular weight excluding hydrogens is 337 g/mol. The topological polar surface area (TPSA) is 90.8 Å². The SMILES string of the molecule is C/C(CC(=O)NCc1ccc(F)cc1)=N/NC(=O)c1cccc(C)c1O. The zero-order chi connectivity index (χ0) is 19.1. The van der Waals surface area contributed by atoms with Crippen molar-refractivity contribution in [3.63, 3.8) is 0 Å². The number of carbonyl (C=O) groups is 2. The average molecular weight is 357 g/mol. The molecule has 0 aliphatic carbocycles. The Morgan fingerprint density at radius 3 is 2.54 bits per heavy atom. The average Bonchev–Trinajstić information content (AvgIpc) is 2.61. The summed E-state index contributed by atoms with van der Waals surface area (Å²) in [4.78, 5) is 23.9. The number of phenolic OH excluding ortho intramolecular Hbond substituents is 1. The van der Waals surface area contributed by atoms with Gasteiger partial charge in [0.1, 0.15) is 11.6 Å². The number of amides is 2. The molecular formula is C19H20FN3O3. The molecule has 0 aliphatic rings. The van der Waals surface area contributed by atoms with Crippen LogP contribution >= 0.6 is 0 Å². The molecule has 0 aromatic heterocycles. The van der Waals surface area contributed by atoms with Crippen LogP contribution in [0.1, 0.15) is 34.8 Å². The summed E-state index contributed by atoms with van der Waals surface area (Å²) in [5.41, 5.74) is 4.19. The first-order valence-electron chi connectivity index (χ1n) is 8.00. The molecule has 0 unspecified atom stereocenters. The Kier molecular flexibility index (Phi) is 6.43. The van der Waals surface area contributed by atoms with E-state index in [1.54, 1.807) is 38.1 Å². The van der Waals surface area contributed by atoms with Crippen LogP contribution in [0.2, 0.25) is 0 Å². The van der Waals surface area contributed by atoms with Gasteiger partial charge in [0.25, 0.3) is 5.91 Å². The van der Waals surface area contributed by atoms with Gasteiger partial charge in [0.2, 0.25) is 5.91 Å². The zero-order valence-electron chi connectivity index (χ0n) is 14.5. The van der Waals surface area contributed by atoms with E-state index in [0.717, 1.165) is 5.56 Å². The van der Waals surface area contributed by atoms with E-state index in [4.69, 9.17) is 0 Å². The molecule has 2 aromatic carbocycles. The van der Waals surface area contributed by atoms with Gasteiger partial charge in [-0.2, -0.15) is 5.10 Å².